The predicted octanol–water partition coefficient (Wildman–Crippen LogP) is 1.29. The first-order valence-corrected chi connectivity index (χ1v) is 5.10. The number of alkyl halides is 3. The van der Waals surface area contributed by atoms with Gasteiger partial charge >= 0.3 is 15.6 Å². The molecule has 0 N–H and O–H groups in total. The van der Waals surface area contributed by atoms with Gasteiger partial charge in [-0.25, -0.2) is 0 Å². The van der Waals surface area contributed by atoms with E-state index >= 15 is 0 Å². The van der Waals surface area contributed by atoms with Crippen molar-refractivity contribution in [3.63, 3.8) is 0 Å². The van der Waals surface area contributed by atoms with Crippen molar-refractivity contribution in [2.75, 3.05) is 0 Å². The fraction of sp³-hybridized carbons (Fsp3) is 0.125. The Bertz CT molecular complexity index is 530. The van der Waals surface area contributed by atoms with Crippen LogP contribution in [0.2, 0.25) is 0 Å². The van der Waals surface area contributed by atoms with Crippen LogP contribution in [0.4, 0.5) is 13.2 Å². The maximum atomic E-state index is 12.0. The third-order valence-corrected chi connectivity index (χ3v) is 2.39. The Labute approximate surface area is 89.2 Å². The zero-order valence-corrected chi connectivity index (χ0v) is 8.34. The Morgan fingerprint density at radius 1 is 1.44 bits per heavy atom. The summed E-state index contributed by atoms with van der Waals surface area (Å²) in [5.41, 5.74) is -5.64. The Balaban J connectivity index is 3.13. The second-order valence-electron chi connectivity index (χ2n) is 2.50. The summed E-state index contributed by atoms with van der Waals surface area (Å²) < 4.78 is 61.0. The molecule has 0 saturated heterocycles. The SMILES string of the molecule is C#Cc1ccncc1OS(=O)(=O)C(F)(F)F. The molecule has 1 aromatic heterocycles. The van der Waals surface area contributed by atoms with E-state index in [1.807, 2.05) is 5.92 Å². The molecule has 0 spiro atoms. The van der Waals surface area contributed by atoms with Gasteiger partial charge in [-0.2, -0.15) is 21.6 Å². The van der Waals surface area contributed by atoms with Crippen LogP contribution in [0.1, 0.15) is 5.56 Å². The Morgan fingerprint density at radius 2 is 2.06 bits per heavy atom. The first-order valence-electron chi connectivity index (χ1n) is 3.69. The molecule has 4 nitrogen and oxygen atoms in total. The van der Waals surface area contributed by atoms with Gasteiger partial charge < -0.3 is 4.18 Å². The van der Waals surface area contributed by atoms with Gasteiger partial charge in [0.1, 0.15) is 0 Å². The quantitative estimate of drug-likeness (QED) is 0.451. The van der Waals surface area contributed by atoms with Gasteiger partial charge in [-0.1, -0.05) is 5.92 Å². The van der Waals surface area contributed by atoms with Crippen LogP contribution in [-0.4, -0.2) is 18.9 Å². The van der Waals surface area contributed by atoms with Gasteiger partial charge in [0, 0.05) is 6.20 Å². The van der Waals surface area contributed by atoms with Crippen molar-refractivity contribution < 1.29 is 25.8 Å². The highest BCUT2D eigenvalue weighted by atomic mass is 32.2. The molecule has 0 fully saturated rings. The molecule has 1 aromatic rings. The largest absolute Gasteiger partial charge is 0.534 e. The Hall–Kier alpha value is -1.75. The number of rotatable bonds is 2. The number of terminal acetylenes is 1. The molecule has 86 valence electrons. The van der Waals surface area contributed by atoms with Gasteiger partial charge in [-0.15, -0.1) is 6.42 Å². The van der Waals surface area contributed by atoms with Gasteiger partial charge in [-0.3, -0.25) is 4.98 Å². The van der Waals surface area contributed by atoms with Crippen LogP contribution >= 0.6 is 0 Å². The molecule has 8 heteroatoms. The molecule has 0 aliphatic heterocycles. The minimum atomic E-state index is -5.72. The second kappa shape index (κ2) is 4.02. The van der Waals surface area contributed by atoms with Crippen molar-refractivity contribution >= 4 is 10.1 Å². The summed E-state index contributed by atoms with van der Waals surface area (Å²) in [5.74, 6) is 1.34. The maximum absolute atomic E-state index is 12.0. The first kappa shape index (κ1) is 12.3. The molecule has 0 bridgehead atoms. The van der Waals surface area contributed by atoms with E-state index in [4.69, 9.17) is 6.42 Å². The van der Waals surface area contributed by atoms with E-state index in [0.717, 1.165) is 12.3 Å². The van der Waals surface area contributed by atoms with Gasteiger partial charge in [0.15, 0.2) is 5.75 Å². The monoisotopic (exact) mass is 251 g/mol. The molecule has 0 aromatic carbocycles. The van der Waals surface area contributed by atoms with Crippen LogP contribution in [-0.2, 0) is 10.1 Å². The standard InChI is InChI=1S/C8H4F3NO3S/c1-2-6-3-4-12-5-7(6)15-16(13,14)8(9,10)11/h1,3-5H. The van der Waals surface area contributed by atoms with Crippen molar-refractivity contribution in [3.05, 3.63) is 24.0 Å². The topological polar surface area (TPSA) is 56.3 Å². The van der Waals surface area contributed by atoms with Crippen molar-refractivity contribution in [2.45, 2.75) is 5.51 Å². The number of halogens is 3. The zero-order valence-electron chi connectivity index (χ0n) is 7.52. The Kier molecular flexibility index (Phi) is 3.09. The van der Waals surface area contributed by atoms with Crippen LogP contribution in [0.5, 0.6) is 5.75 Å². The normalized spacial score (nSPS) is 11.9. The van der Waals surface area contributed by atoms with Gasteiger partial charge in [0.05, 0.1) is 11.8 Å². The lowest BCUT2D eigenvalue weighted by Crippen LogP contribution is -2.28. The summed E-state index contributed by atoms with van der Waals surface area (Å²) in [6, 6.07) is 1.15. The molecular weight excluding hydrogens is 247 g/mol. The van der Waals surface area contributed by atoms with E-state index in [1.54, 1.807) is 0 Å². The minimum absolute atomic E-state index is 0.136. The molecule has 1 heterocycles. The van der Waals surface area contributed by atoms with Crippen LogP contribution in [0.15, 0.2) is 18.5 Å². The number of pyridine rings is 1. The average molecular weight is 251 g/mol. The van der Waals surface area contributed by atoms with E-state index in [2.05, 4.69) is 9.17 Å². The molecule has 0 amide bonds. The third-order valence-electron chi connectivity index (χ3n) is 1.42. The average Bonchev–Trinajstić information content (AvgIpc) is 2.16. The van der Waals surface area contributed by atoms with E-state index in [1.165, 1.54) is 6.20 Å². The van der Waals surface area contributed by atoms with E-state index in [9.17, 15) is 21.6 Å². The van der Waals surface area contributed by atoms with Crippen LogP contribution in [0.25, 0.3) is 0 Å². The number of hydrogen-bond donors (Lipinski definition) is 0. The zero-order chi connectivity index (χ0) is 12.4. The lowest BCUT2D eigenvalue weighted by Gasteiger charge is -2.09. The maximum Gasteiger partial charge on any atom is 0.534 e. The first-order chi connectivity index (χ1) is 7.28. The van der Waals surface area contributed by atoms with Crippen molar-refractivity contribution in [2.24, 2.45) is 0 Å². The number of hydrogen-bond acceptors (Lipinski definition) is 4. The Morgan fingerprint density at radius 3 is 2.56 bits per heavy atom. The summed E-state index contributed by atoms with van der Waals surface area (Å²) in [6.45, 7) is 0. The highest BCUT2D eigenvalue weighted by Gasteiger charge is 2.48. The summed E-state index contributed by atoms with van der Waals surface area (Å²) in [4.78, 5) is 3.41. The van der Waals surface area contributed by atoms with Crippen LogP contribution in [0.3, 0.4) is 0 Å². The van der Waals surface area contributed by atoms with E-state index in [-0.39, 0.29) is 5.56 Å². The smallest absolute Gasteiger partial charge is 0.373 e. The van der Waals surface area contributed by atoms with Gasteiger partial charge in [0.25, 0.3) is 0 Å². The molecule has 16 heavy (non-hydrogen) atoms. The molecule has 0 aliphatic carbocycles. The molecule has 0 aliphatic rings. The molecule has 0 saturated carbocycles. The van der Waals surface area contributed by atoms with Gasteiger partial charge in [-0.05, 0) is 6.07 Å². The second-order valence-corrected chi connectivity index (χ2v) is 4.04. The fourth-order valence-corrected chi connectivity index (χ4v) is 1.19. The van der Waals surface area contributed by atoms with Gasteiger partial charge in [0.2, 0.25) is 0 Å². The molecule has 0 unspecified atom stereocenters. The molecular formula is C8H4F3NO3S. The van der Waals surface area contributed by atoms with Crippen molar-refractivity contribution in [1.29, 1.82) is 0 Å². The third kappa shape index (κ3) is 2.43. The van der Waals surface area contributed by atoms with Crippen LogP contribution in [0, 0.1) is 12.3 Å². The van der Waals surface area contributed by atoms with Crippen molar-refractivity contribution in [3.8, 4) is 18.1 Å². The highest BCUT2D eigenvalue weighted by molar-refractivity contribution is 7.88. The number of nitrogens with zero attached hydrogens (tertiary/aromatic N) is 1. The lowest BCUT2D eigenvalue weighted by molar-refractivity contribution is -0.0500. The van der Waals surface area contributed by atoms with E-state index < -0.39 is 21.4 Å². The molecule has 0 radical (unpaired) electrons. The molecule has 1 rings (SSSR count). The van der Waals surface area contributed by atoms with Crippen LogP contribution < -0.4 is 4.18 Å². The highest BCUT2D eigenvalue weighted by Crippen LogP contribution is 2.27. The molecule has 0 atom stereocenters. The fourth-order valence-electron chi connectivity index (χ4n) is 0.731. The number of aromatic nitrogens is 1. The van der Waals surface area contributed by atoms with E-state index in [0.29, 0.717) is 0 Å². The summed E-state index contributed by atoms with van der Waals surface area (Å²) in [6.07, 6.45) is 6.93. The summed E-state index contributed by atoms with van der Waals surface area (Å²) in [5, 5.41) is 0. The predicted molar refractivity (Wildman–Crippen MR) is 47.8 cm³/mol. The minimum Gasteiger partial charge on any atom is -0.373 e. The summed E-state index contributed by atoms with van der Waals surface area (Å²) >= 11 is 0. The van der Waals surface area contributed by atoms with Crippen molar-refractivity contribution in [1.82, 2.24) is 4.98 Å². The lowest BCUT2D eigenvalue weighted by atomic mass is 10.3. The summed E-state index contributed by atoms with van der Waals surface area (Å²) in [7, 11) is -5.72.